The van der Waals surface area contributed by atoms with Gasteiger partial charge in [-0.1, -0.05) is 55.7 Å². The first kappa shape index (κ1) is 11.7. The van der Waals surface area contributed by atoms with Crippen molar-refractivity contribution in [3.63, 3.8) is 0 Å². The summed E-state index contributed by atoms with van der Waals surface area (Å²) in [5.41, 5.74) is 6.36. The van der Waals surface area contributed by atoms with Crippen LogP contribution in [0.2, 0.25) is 0 Å². The summed E-state index contributed by atoms with van der Waals surface area (Å²) in [6.45, 7) is 0. The van der Waals surface area contributed by atoms with Gasteiger partial charge in [-0.05, 0) is 35.6 Å². The summed E-state index contributed by atoms with van der Waals surface area (Å²) in [5.74, 6) is 0. The van der Waals surface area contributed by atoms with Crippen molar-refractivity contribution in [3.8, 4) is 17.2 Å². The molecule has 1 fully saturated rings. The van der Waals surface area contributed by atoms with Crippen molar-refractivity contribution in [2.24, 2.45) is 0 Å². The number of rotatable bonds is 0. The second-order valence-corrected chi connectivity index (χ2v) is 6.03. The summed E-state index contributed by atoms with van der Waals surface area (Å²) >= 11 is 0. The molecule has 2 aliphatic rings. The van der Waals surface area contributed by atoms with Gasteiger partial charge < -0.3 is 0 Å². The lowest BCUT2D eigenvalue weighted by Gasteiger charge is -2.35. The highest BCUT2D eigenvalue weighted by Crippen LogP contribution is 2.56. The molecule has 1 nitrogen and oxygen atoms in total. The fourth-order valence-corrected chi connectivity index (χ4v) is 4.29. The van der Waals surface area contributed by atoms with Crippen molar-refractivity contribution in [2.75, 3.05) is 0 Å². The van der Waals surface area contributed by atoms with E-state index in [0.29, 0.717) is 0 Å². The van der Waals surface area contributed by atoms with E-state index in [-0.39, 0.29) is 5.41 Å². The van der Waals surface area contributed by atoms with E-state index in [2.05, 4.69) is 42.5 Å². The molecule has 0 saturated heterocycles. The monoisotopic (exact) mass is 259 g/mol. The van der Waals surface area contributed by atoms with Gasteiger partial charge in [0.15, 0.2) is 0 Å². The van der Waals surface area contributed by atoms with E-state index in [1.165, 1.54) is 54.4 Å². The summed E-state index contributed by atoms with van der Waals surface area (Å²) in [6.07, 6.45) is 6.39. The molecule has 2 aromatic rings. The number of nitriles is 1. The third-order valence-corrected chi connectivity index (χ3v) is 5.12. The van der Waals surface area contributed by atoms with Crippen molar-refractivity contribution in [3.05, 3.63) is 59.2 Å². The van der Waals surface area contributed by atoms with E-state index in [0.717, 1.165) is 5.56 Å². The van der Waals surface area contributed by atoms with Crippen LogP contribution in [0.15, 0.2) is 42.5 Å². The van der Waals surface area contributed by atoms with Crippen LogP contribution in [-0.2, 0) is 5.41 Å². The Morgan fingerprint density at radius 2 is 1.60 bits per heavy atom. The first-order valence-corrected chi connectivity index (χ1v) is 7.50. The summed E-state index contributed by atoms with van der Waals surface area (Å²) in [7, 11) is 0. The lowest BCUT2D eigenvalue weighted by Crippen LogP contribution is -2.27. The standard InChI is InChI=1S/C19H17N/c20-13-14-7-6-10-17-18(14)15-8-2-3-9-16(15)19(17)11-4-1-5-12-19/h2-3,6-10H,1,4-5,11-12H2. The van der Waals surface area contributed by atoms with Crippen LogP contribution in [0.4, 0.5) is 0 Å². The molecule has 1 spiro atoms. The fourth-order valence-electron chi connectivity index (χ4n) is 4.29. The van der Waals surface area contributed by atoms with Gasteiger partial charge in [-0.2, -0.15) is 5.26 Å². The van der Waals surface area contributed by atoms with Crippen LogP contribution < -0.4 is 0 Å². The largest absolute Gasteiger partial charge is 0.192 e. The summed E-state index contributed by atoms with van der Waals surface area (Å²) in [6, 6.07) is 17.4. The van der Waals surface area contributed by atoms with Gasteiger partial charge in [-0.3, -0.25) is 0 Å². The number of nitrogens with zero attached hydrogens (tertiary/aromatic N) is 1. The lowest BCUT2D eigenvalue weighted by atomic mass is 9.68. The second kappa shape index (κ2) is 4.21. The van der Waals surface area contributed by atoms with Crippen molar-refractivity contribution >= 4 is 0 Å². The van der Waals surface area contributed by atoms with Crippen LogP contribution in [-0.4, -0.2) is 0 Å². The lowest BCUT2D eigenvalue weighted by molar-refractivity contribution is 0.353. The van der Waals surface area contributed by atoms with Gasteiger partial charge in [0.1, 0.15) is 0 Å². The minimum atomic E-state index is 0.178. The van der Waals surface area contributed by atoms with Crippen molar-refractivity contribution in [1.29, 1.82) is 5.26 Å². The molecular formula is C19H17N. The Kier molecular flexibility index (Phi) is 2.47. The zero-order chi connectivity index (χ0) is 13.6. The van der Waals surface area contributed by atoms with Crippen LogP contribution in [0.3, 0.4) is 0 Å². The van der Waals surface area contributed by atoms with Gasteiger partial charge in [-0.25, -0.2) is 0 Å². The summed E-state index contributed by atoms with van der Waals surface area (Å²) in [4.78, 5) is 0. The first-order chi connectivity index (χ1) is 9.87. The highest BCUT2D eigenvalue weighted by atomic mass is 14.5. The van der Waals surface area contributed by atoms with Gasteiger partial charge in [0.2, 0.25) is 0 Å². The topological polar surface area (TPSA) is 23.8 Å². The molecule has 0 amide bonds. The molecule has 4 rings (SSSR count). The van der Waals surface area contributed by atoms with E-state index in [1.807, 2.05) is 6.07 Å². The average molecular weight is 259 g/mol. The van der Waals surface area contributed by atoms with E-state index in [4.69, 9.17) is 0 Å². The summed E-state index contributed by atoms with van der Waals surface area (Å²) < 4.78 is 0. The molecule has 0 aromatic heterocycles. The Hall–Kier alpha value is -2.07. The quantitative estimate of drug-likeness (QED) is 0.667. The van der Waals surface area contributed by atoms with E-state index in [1.54, 1.807) is 0 Å². The number of hydrogen-bond acceptors (Lipinski definition) is 1. The molecule has 0 radical (unpaired) electrons. The van der Waals surface area contributed by atoms with Crippen molar-refractivity contribution < 1.29 is 0 Å². The minimum absolute atomic E-state index is 0.178. The van der Waals surface area contributed by atoms with Crippen LogP contribution >= 0.6 is 0 Å². The Morgan fingerprint density at radius 1 is 0.850 bits per heavy atom. The highest BCUT2D eigenvalue weighted by Gasteiger charge is 2.44. The molecule has 0 unspecified atom stereocenters. The molecule has 0 bridgehead atoms. The normalized spacial score (nSPS) is 18.4. The Labute approximate surface area is 119 Å². The number of fused-ring (bicyclic) bond motifs is 5. The maximum Gasteiger partial charge on any atom is 0.0998 e. The molecule has 20 heavy (non-hydrogen) atoms. The predicted octanol–water partition coefficient (Wildman–Crippen LogP) is 4.79. The third-order valence-electron chi connectivity index (χ3n) is 5.12. The van der Waals surface area contributed by atoms with Gasteiger partial charge >= 0.3 is 0 Å². The third kappa shape index (κ3) is 1.37. The summed E-state index contributed by atoms with van der Waals surface area (Å²) in [5, 5.41) is 9.46. The van der Waals surface area contributed by atoms with Crippen LogP contribution in [0.25, 0.3) is 11.1 Å². The van der Waals surface area contributed by atoms with Gasteiger partial charge in [-0.15, -0.1) is 0 Å². The van der Waals surface area contributed by atoms with E-state index < -0.39 is 0 Å². The Morgan fingerprint density at radius 3 is 2.40 bits per heavy atom. The zero-order valence-electron chi connectivity index (χ0n) is 11.5. The number of benzene rings is 2. The molecule has 1 saturated carbocycles. The van der Waals surface area contributed by atoms with Crippen LogP contribution in [0.5, 0.6) is 0 Å². The molecule has 1 heteroatoms. The molecule has 0 aliphatic heterocycles. The molecule has 2 aromatic carbocycles. The molecular weight excluding hydrogens is 242 g/mol. The van der Waals surface area contributed by atoms with Crippen LogP contribution in [0.1, 0.15) is 48.8 Å². The Bertz CT molecular complexity index is 715. The average Bonchev–Trinajstić information content (AvgIpc) is 2.80. The predicted molar refractivity (Wildman–Crippen MR) is 80.5 cm³/mol. The van der Waals surface area contributed by atoms with Gasteiger partial charge in [0.05, 0.1) is 11.6 Å². The van der Waals surface area contributed by atoms with Crippen LogP contribution in [0, 0.1) is 11.3 Å². The highest BCUT2D eigenvalue weighted by molar-refractivity contribution is 5.85. The van der Waals surface area contributed by atoms with E-state index in [9.17, 15) is 5.26 Å². The molecule has 98 valence electrons. The smallest absolute Gasteiger partial charge is 0.0998 e. The maximum atomic E-state index is 9.46. The first-order valence-electron chi connectivity index (χ1n) is 7.50. The second-order valence-electron chi connectivity index (χ2n) is 6.03. The Balaban J connectivity index is 2.07. The fraction of sp³-hybridized carbons (Fsp3) is 0.316. The number of hydrogen-bond donors (Lipinski definition) is 0. The van der Waals surface area contributed by atoms with Gasteiger partial charge in [0.25, 0.3) is 0 Å². The zero-order valence-corrected chi connectivity index (χ0v) is 11.5. The van der Waals surface area contributed by atoms with Crippen molar-refractivity contribution in [1.82, 2.24) is 0 Å². The minimum Gasteiger partial charge on any atom is -0.192 e. The van der Waals surface area contributed by atoms with Gasteiger partial charge in [0, 0.05) is 11.0 Å². The molecule has 0 heterocycles. The molecule has 0 atom stereocenters. The SMILES string of the molecule is N#Cc1cccc2c1-c1ccccc1C21CCCCC1. The van der Waals surface area contributed by atoms with Crippen molar-refractivity contribution in [2.45, 2.75) is 37.5 Å². The maximum absolute atomic E-state index is 9.46. The molecule has 0 N–H and O–H groups in total. The van der Waals surface area contributed by atoms with E-state index >= 15 is 0 Å². The molecule has 2 aliphatic carbocycles.